The molecule has 0 saturated carbocycles. The van der Waals surface area contributed by atoms with E-state index in [1.54, 1.807) is 29.3 Å². The van der Waals surface area contributed by atoms with Crippen LogP contribution in [-0.2, 0) is 13.1 Å². The first-order valence-corrected chi connectivity index (χ1v) is 11.7. The van der Waals surface area contributed by atoms with Crippen LogP contribution >= 0.6 is 0 Å². The maximum absolute atomic E-state index is 15.0. The molecule has 2 N–H and O–H groups in total. The number of carbonyl (C=O) groups is 1. The zero-order chi connectivity index (χ0) is 24.5. The third-order valence-corrected chi connectivity index (χ3v) is 6.42. The summed E-state index contributed by atoms with van der Waals surface area (Å²) in [5.74, 6) is 0.856. The summed E-state index contributed by atoms with van der Waals surface area (Å²) in [7, 11) is 0. The Morgan fingerprint density at radius 1 is 1.20 bits per heavy atom. The highest BCUT2D eigenvalue weighted by molar-refractivity contribution is 5.99. The quantitative estimate of drug-likeness (QED) is 0.371. The summed E-state index contributed by atoms with van der Waals surface area (Å²) in [6, 6.07) is 13.9. The molecule has 1 atom stereocenters. The molecular weight excluding hydrogens is 447 g/mol. The van der Waals surface area contributed by atoms with Gasteiger partial charge in [0.25, 0.3) is 5.91 Å². The van der Waals surface area contributed by atoms with Gasteiger partial charge >= 0.3 is 0 Å². The highest BCUT2D eigenvalue weighted by atomic mass is 19.1. The van der Waals surface area contributed by atoms with Crippen LogP contribution in [0.25, 0.3) is 10.9 Å². The second-order valence-corrected chi connectivity index (χ2v) is 8.62. The highest BCUT2D eigenvalue weighted by Crippen LogP contribution is 2.32. The molecule has 7 nitrogen and oxygen atoms in total. The number of fused-ring (bicyclic) bond motifs is 2. The number of nitrogens with one attached hydrogen (secondary N) is 1. The van der Waals surface area contributed by atoms with Gasteiger partial charge in [-0.1, -0.05) is 6.07 Å². The fourth-order valence-electron chi connectivity index (χ4n) is 4.49. The molecule has 0 aliphatic carbocycles. The Balaban J connectivity index is 1.32. The zero-order valence-corrected chi connectivity index (χ0v) is 19.7. The third-order valence-electron chi connectivity index (χ3n) is 6.42. The van der Waals surface area contributed by atoms with Gasteiger partial charge in [0.2, 0.25) is 0 Å². The van der Waals surface area contributed by atoms with Crippen LogP contribution in [0.3, 0.4) is 0 Å². The molecule has 1 aliphatic heterocycles. The van der Waals surface area contributed by atoms with Crippen molar-refractivity contribution >= 4 is 22.6 Å². The van der Waals surface area contributed by atoms with Gasteiger partial charge in [0.05, 0.1) is 19.2 Å². The predicted octanol–water partition coefficient (Wildman–Crippen LogP) is 5.11. The van der Waals surface area contributed by atoms with Crippen molar-refractivity contribution in [3.8, 4) is 11.5 Å². The van der Waals surface area contributed by atoms with E-state index < -0.39 is 5.82 Å². The van der Waals surface area contributed by atoms with Crippen molar-refractivity contribution < 1.29 is 19.0 Å². The number of halogens is 1. The Morgan fingerprint density at radius 3 is 2.83 bits per heavy atom. The maximum Gasteiger partial charge on any atom is 0.254 e. The molecule has 0 bridgehead atoms. The molecule has 2 aromatic carbocycles. The number of rotatable bonds is 8. The minimum Gasteiger partial charge on any atom is -0.454 e. The number of aromatic nitrogens is 2. The monoisotopic (exact) mass is 474 g/mol. The van der Waals surface area contributed by atoms with E-state index in [1.807, 2.05) is 48.9 Å². The summed E-state index contributed by atoms with van der Waals surface area (Å²) >= 11 is 0. The Morgan fingerprint density at radius 2 is 2.06 bits per heavy atom. The van der Waals surface area contributed by atoms with Crippen molar-refractivity contribution in [1.29, 1.82) is 0 Å². The van der Waals surface area contributed by atoms with Gasteiger partial charge in [-0.2, -0.15) is 0 Å². The van der Waals surface area contributed by atoms with Gasteiger partial charge in [0.15, 0.2) is 11.6 Å². The van der Waals surface area contributed by atoms with Crippen molar-refractivity contribution in [2.24, 2.45) is 0 Å². The van der Waals surface area contributed by atoms with Gasteiger partial charge in [0, 0.05) is 47.5 Å². The summed E-state index contributed by atoms with van der Waals surface area (Å²) in [6.45, 7) is 5.60. The SMILES string of the molecule is CCN1Cc2c(ccnc2NC(C)c2ccc(Oc3ccc4c(ccn4CCO)c3)c(F)c2)C1=O. The van der Waals surface area contributed by atoms with E-state index in [2.05, 4.69) is 10.3 Å². The normalized spacial score (nSPS) is 13.8. The van der Waals surface area contributed by atoms with Crippen LogP contribution in [0.5, 0.6) is 11.5 Å². The fourth-order valence-corrected chi connectivity index (χ4v) is 4.49. The van der Waals surface area contributed by atoms with Gasteiger partial charge in [-0.05, 0) is 61.9 Å². The second kappa shape index (κ2) is 9.38. The Bertz CT molecular complexity index is 1400. The molecule has 180 valence electrons. The van der Waals surface area contributed by atoms with Crippen molar-refractivity contribution in [1.82, 2.24) is 14.5 Å². The van der Waals surface area contributed by atoms with Gasteiger partial charge in [-0.3, -0.25) is 4.79 Å². The van der Waals surface area contributed by atoms with E-state index in [1.165, 1.54) is 6.07 Å². The van der Waals surface area contributed by atoms with E-state index >= 15 is 0 Å². The summed E-state index contributed by atoms with van der Waals surface area (Å²) < 4.78 is 22.8. The lowest BCUT2D eigenvalue weighted by molar-refractivity contribution is 0.0787. The predicted molar refractivity (Wildman–Crippen MR) is 132 cm³/mol. The lowest BCUT2D eigenvalue weighted by Gasteiger charge is -2.18. The first-order valence-electron chi connectivity index (χ1n) is 11.7. The number of ether oxygens (including phenoxy) is 1. The van der Waals surface area contributed by atoms with Gasteiger partial charge < -0.3 is 24.6 Å². The minimum absolute atomic E-state index is 0.0105. The Hall–Kier alpha value is -3.91. The number of benzene rings is 2. The molecule has 35 heavy (non-hydrogen) atoms. The molecule has 0 saturated heterocycles. The molecule has 8 heteroatoms. The van der Waals surface area contributed by atoms with Crippen LogP contribution in [-0.4, -0.2) is 38.6 Å². The van der Waals surface area contributed by atoms with Crippen LogP contribution in [0.2, 0.25) is 0 Å². The molecule has 1 aliphatic rings. The number of carbonyl (C=O) groups excluding carboxylic acids is 1. The molecule has 3 heterocycles. The lowest BCUT2D eigenvalue weighted by atomic mass is 10.1. The minimum atomic E-state index is -0.465. The summed E-state index contributed by atoms with van der Waals surface area (Å²) in [4.78, 5) is 18.7. The van der Waals surface area contributed by atoms with Crippen molar-refractivity contribution in [2.75, 3.05) is 18.5 Å². The number of amides is 1. The zero-order valence-electron chi connectivity index (χ0n) is 19.7. The molecule has 4 aromatic rings. The van der Waals surface area contributed by atoms with Gasteiger partial charge in [-0.15, -0.1) is 0 Å². The molecule has 0 fully saturated rings. The van der Waals surface area contributed by atoms with Crippen molar-refractivity contribution in [3.05, 3.63) is 83.4 Å². The average Bonchev–Trinajstić information content (AvgIpc) is 3.41. The van der Waals surface area contributed by atoms with E-state index in [4.69, 9.17) is 4.74 Å². The number of anilines is 1. The van der Waals surface area contributed by atoms with Crippen LogP contribution in [0.4, 0.5) is 10.2 Å². The van der Waals surface area contributed by atoms with Crippen LogP contribution in [0.15, 0.2) is 60.9 Å². The number of hydrogen-bond donors (Lipinski definition) is 2. The molecule has 0 radical (unpaired) electrons. The second-order valence-electron chi connectivity index (χ2n) is 8.62. The van der Waals surface area contributed by atoms with Gasteiger partial charge in [-0.25, -0.2) is 9.37 Å². The third kappa shape index (κ3) is 4.33. The Kier molecular flexibility index (Phi) is 6.13. The first kappa shape index (κ1) is 22.9. The standard InChI is InChI=1S/C27H27FN4O3/c1-3-31-16-22-21(27(31)34)8-10-29-26(22)30-17(2)18-4-7-25(23(28)15-18)35-20-5-6-24-19(14-20)9-11-32(24)12-13-33/h4-11,14-15,17,33H,3,12-13,16H2,1-2H3,(H,29,30). The first-order chi connectivity index (χ1) is 17.0. The largest absolute Gasteiger partial charge is 0.454 e. The number of nitrogens with zero attached hydrogens (tertiary/aromatic N) is 3. The number of aliphatic hydroxyl groups excluding tert-OH is 1. The molecule has 0 spiro atoms. The molecule has 1 unspecified atom stereocenters. The Labute approximate surface area is 202 Å². The summed E-state index contributed by atoms with van der Waals surface area (Å²) in [5, 5.41) is 13.5. The van der Waals surface area contributed by atoms with Crippen LogP contribution in [0, 0.1) is 5.82 Å². The van der Waals surface area contributed by atoms with E-state index in [-0.39, 0.29) is 24.3 Å². The number of hydrogen-bond acceptors (Lipinski definition) is 5. The van der Waals surface area contributed by atoms with E-state index in [0.29, 0.717) is 36.8 Å². The van der Waals surface area contributed by atoms with E-state index in [0.717, 1.165) is 22.0 Å². The highest BCUT2D eigenvalue weighted by Gasteiger charge is 2.29. The fraction of sp³-hybridized carbons (Fsp3) is 0.259. The molecule has 5 rings (SSSR count). The van der Waals surface area contributed by atoms with Crippen molar-refractivity contribution in [3.63, 3.8) is 0 Å². The van der Waals surface area contributed by atoms with Crippen molar-refractivity contribution in [2.45, 2.75) is 33.0 Å². The van der Waals surface area contributed by atoms with E-state index in [9.17, 15) is 14.3 Å². The smallest absolute Gasteiger partial charge is 0.254 e. The van der Waals surface area contributed by atoms with Crippen LogP contribution < -0.4 is 10.1 Å². The molecule has 1 amide bonds. The maximum atomic E-state index is 15.0. The molecule has 2 aromatic heterocycles. The lowest BCUT2D eigenvalue weighted by Crippen LogP contribution is -2.22. The summed E-state index contributed by atoms with van der Waals surface area (Å²) in [6.07, 6.45) is 3.53. The average molecular weight is 475 g/mol. The summed E-state index contributed by atoms with van der Waals surface area (Å²) in [5.41, 5.74) is 3.25. The van der Waals surface area contributed by atoms with Gasteiger partial charge in [0.1, 0.15) is 11.6 Å². The number of pyridine rings is 1. The number of aliphatic hydroxyl groups is 1. The van der Waals surface area contributed by atoms with Crippen LogP contribution in [0.1, 0.15) is 41.4 Å². The topological polar surface area (TPSA) is 79.6 Å². The molecular formula is C27H27FN4O3.